The summed E-state index contributed by atoms with van der Waals surface area (Å²) in [4.78, 5) is 16.2. The van der Waals surface area contributed by atoms with E-state index in [2.05, 4.69) is 0 Å². The lowest BCUT2D eigenvalue weighted by molar-refractivity contribution is -0.167. The Morgan fingerprint density at radius 1 is 1.25 bits per heavy atom. The van der Waals surface area contributed by atoms with Crippen LogP contribution in [0.5, 0.6) is 0 Å². The standard InChI is InChI=1S/C11H15NO2.C2H6/c1-9-4-6-10(7-5-9)8-11(13)12(2)14-3;1-2/h4-7H,8H2,1-3H3;1-2H3. The van der Waals surface area contributed by atoms with Gasteiger partial charge in [-0.1, -0.05) is 43.7 Å². The van der Waals surface area contributed by atoms with Gasteiger partial charge in [0.1, 0.15) is 0 Å². The van der Waals surface area contributed by atoms with Gasteiger partial charge in [-0.05, 0) is 12.5 Å². The van der Waals surface area contributed by atoms with Crippen LogP contribution in [0.1, 0.15) is 25.0 Å². The van der Waals surface area contributed by atoms with Crippen LogP contribution in [0.15, 0.2) is 24.3 Å². The van der Waals surface area contributed by atoms with E-state index in [4.69, 9.17) is 4.84 Å². The van der Waals surface area contributed by atoms with Crippen LogP contribution in [0.25, 0.3) is 0 Å². The number of amides is 1. The summed E-state index contributed by atoms with van der Waals surface area (Å²) in [7, 11) is 3.09. The van der Waals surface area contributed by atoms with Crippen molar-refractivity contribution in [3.05, 3.63) is 35.4 Å². The number of hydrogen-bond donors (Lipinski definition) is 0. The minimum absolute atomic E-state index is 0.0450. The molecule has 3 nitrogen and oxygen atoms in total. The van der Waals surface area contributed by atoms with Gasteiger partial charge in [-0.15, -0.1) is 0 Å². The molecule has 16 heavy (non-hydrogen) atoms. The first kappa shape index (κ1) is 14.6. The number of hydroxylamine groups is 2. The first-order valence-corrected chi connectivity index (χ1v) is 5.49. The molecule has 1 amide bonds. The maximum atomic E-state index is 11.4. The first-order chi connectivity index (χ1) is 7.63. The number of benzene rings is 1. The van der Waals surface area contributed by atoms with Crippen LogP contribution in [0.2, 0.25) is 0 Å². The van der Waals surface area contributed by atoms with Crippen LogP contribution in [0.4, 0.5) is 0 Å². The Hall–Kier alpha value is -1.35. The van der Waals surface area contributed by atoms with Gasteiger partial charge in [-0.25, -0.2) is 5.06 Å². The molecule has 0 spiro atoms. The van der Waals surface area contributed by atoms with Gasteiger partial charge < -0.3 is 0 Å². The van der Waals surface area contributed by atoms with E-state index in [1.54, 1.807) is 7.05 Å². The average molecular weight is 223 g/mol. The van der Waals surface area contributed by atoms with E-state index < -0.39 is 0 Å². The third kappa shape index (κ3) is 4.94. The highest BCUT2D eigenvalue weighted by atomic mass is 16.7. The predicted octanol–water partition coefficient (Wildman–Crippen LogP) is 2.58. The van der Waals surface area contributed by atoms with E-state index in [0.717, 1.165) is 5.56 Å². The quantitative estimate of drug-likeness (QED) is 0.737. The molecule has 0 saturated carbocycles. The molecule has 90 valence electrons. The number of nitrogens with zero attached hydrogens (tertiary/aromatic N) is 1. The maximum Gasteiger partial charge on any atom is 0.250 e. The molecule has 0 aliphatic carbocycles. The fourth-order valence-electron chi connectivity index (χ4n) is 1.09. The molecule has 0 aromatic heterocycles. The van der Waals surface area contributed by atoms with Gasteiger partial charge >= 0.3 is 0 Å². The second-order valence-corrected chi connectivity index (χ2v) is 3.24. The van der Waals surface area contributed by atoms with E-state index in [0.29, 0.717) is 6.42 Å². The van der Waals surface area contributed by atoms with Crippen molar-refractivity contribution in [1.82, 2.24) is 5.06 Å². The molecule has 0 aliphatic heterocycles. The summed E-state index contributed by atoms with van der Waals surface area (Å²) in [5, 5.41) is 1.24. The monoisotopic (exact) mass is 223 g/mol. The topological polar surface area (TPSA) is 29.5 Å². The van der Waals surface area contributed by atoms with Crippen LogP contribution < -0.4 is 0 Å². The highest BCUT2D eigenvalue weighted by Gasteiger charge is 2.07. The Morgan fingerprint density at radius 2 is 1.75 bits per heavy atom. The summed E-state index contributed by atoms with van der Waals surface area (Å²) in [6.07, 6.45) is 0.380. The molecule has 3 heteroatoms. The Bertz CT molecular complexity index is 306. The molecule has 0 aliphatic rings. The van der Waals surface area contributed by atoms with E-state index >= 15 is 0 Å². The molecular formula is C13H21NO2. The summed E-state index contributed by atoms with van der Waals surface area (Å²) in [6, 6.07) is 7.90. The molecule has 1 aromatic carbocycles. The zero-order valence-corrected chi connectivity index (χ0v) is 10.8. The Balaban J connectivity index is 0.00000106. The van der Waals surface area contributed by atoms with Gasteiger partial charge in [-0.3, -0.25) is 9.63 Å². The van der Waals surface area contributed by atoms with Crippen molar-refractivity contribution in [2.24, 2.45) is 0 Å². The summed E-state index contributed by atoms with van der Waals surface area (Å²) >= 11 is 0. The largest absolute Gasteiger partial charge is 0.275 e. The average Bonchev–Trinajstić information content (AvgIpc) is 2.33. The van der Waals surface area contributed by atoms with Crippen LogP contribution in [-0.4, -0.2) is 25.1 Å². The Morgan fingerprint density at radius 3 is 2.19 bits per heavy atom. The first-order valence-electron chi connectivity index (χ1n) is 5.49. The van der Waals surface area contributed by atoms with E-state index in [9.17, 15) is 4.79 Å². The number of likely N-dealkylation sites (N-methyl/N-ethyl adjacent to an activating group) is 1. The second kappa shape index (κ2) is 7.88. The third-order valence-corrected chi connectivity index (χ3v) is 2.10. The maximum absolute atomic E-state index is 11.4. The zero-order valence-electron chi connectivity index (χ0n) is 10.8. The summed E-state index contributed by atoms with van der Waals surface area (Å²) < 4.78 is 0. The lowest BCUT2D eigenvalue weighted by Gasteiger charge is -2.13. The predicted molar refractivity (Wildman–Crippen MR) is 66.0 cm³/mol. The Kier molecular flexibility index (Phi) is 7.21. The number of aryl methyl sites for hydroxylation is 1. The van der Waals surface area contributed by atoms with Crippen molar-refractivity contribution in [3.63, 3.8) is 0 Å². The minimum atomic E-state index is -0.0450. The van der Waals surface area contributed by atoms with Crippen LogP contribution >= 0.6 is 0 Å². The molecule has 0 bridgehead atoms. The summed E-state index contributed by atoms with van der Waals surface area (Å²) in [5.74, 6) is -0.0450. The van der Waals surface area contributed by atoms with Gasteiger partial charge in [0.15, 0.2) is 0 Å². The van der Waals surface area contributed by atoms with Crippen molar-refractivity contribution >= 4 is 5.91 Å². The van der Waals surface area contributed by atoms with Gasteiger partial charge in [0.2, 0.25) is 5.91 Å². The molecular weight excluding hydrogens is 202 g/mol. The van der Waals surface area contributed by atoms with Crippen LogP contribution in [0, 0.1) is 6.92 Å². The molecule has 0 heterocycles. The zero-order chi connectivity index (χ0) is 12.6. The Labute approximate surface area is 98.0 Å². The number of carbonyl (C=O) groups excluding carboxylic acids is 1. The molecule has 0 radical (unpaired) electrons. The second-order valence-electron chi connectivity index (χ2n) is 3.24. The lowest BCUT2D eigenvalue weighted by atomic mass is 10.1. The molecule has 0 fully saturated rings. The van der Waals surface area contributed by atoms with E-state index in [-0.39, 0.29) is 5.91 Å². The van der Waals surface area contributed by atoms with E-state index in [1.165, 1.54) is 17.7 Å². The van der Waals surface area contributed by atoms with Crippen molar-refractivity contribution in [1.29, 1.82) is 0 Å². The molecule has 1 rings (SSSR count). The van der Waals surface area contributed by atoms with Crippen LogP contribution in [-0.2, 0) is 16.1 Å². The molecule has 0 saturated heterocycles. The van der Waals surface area contributed by atoms with E-state index in [1.807, 2.05) is 45.0 Å². The fraction of sp³-hybridized carbons (Fsp3) is 0.462. The van der Waals surface area contributed by atoms with Crippen molar-refractivity contribution in [2.45, 2.75) is 27.2 Å². The molecule has 1 aromatic rings. The summed E-state index contributed by atoms with van der Waals surface area (Å²) in [6.45, 7) is 6.02. The van der Waals surface area contributed by atoms with Gasteiger partial charge in [0.25, 0.3) is 0 Å². The molecule has 0 unspecified atom stereocenters. The molecule has 0 atom stereocenters. The number of hydrogen-bond acceptors (Lipinski definition) is 2. The fourth-order valence-corrected chi connectivity index (χ4v) is 1.09. The van der Waals surface area contributed by atoms with Gasteiger partial charge in [0.05, 0.1) is 13.5 Å². The minimum Gasteiger partial charge on any atom is -0.275 e. The van der Waals surface area contributed by atoms with Gasteiger partial charge in [0, 0.05) is 7.05 Å². The normalized spacial score (nSPS) is 9.06. The highest BCUT2D eigenvalue weighted by Crippen LogP contribution is 2.05. The van der Waals surface area contributed by atoms with Crippen molar-refractivity contribution in [2.75, 3.05) is 14.2 Å². The van der Waals surface area contributed by atoms with Crippen LogP contribution in [0.3, 0.4) is 0 Å². The van der Waals surface area contributed by atoms with Gasteiger partial charge in [-0.2, -0.15) is 0 Å². The number of carbonyl (C=O) groups is 1. The highest BCUT2D eigenvalue weighted by molar-refractivity contribution is 5.77. The van der Waals surface area contributed by atoms with Crippen molar-refractivity contribution in [3.8, 4) is 0 Å². The van der Waals surface area contributed by atoms with Crippen molar-refractivity contribution < 1.29 is 9.63 Å². The SMILES string of the molecule is CC.CON(C)C(=O)Cc1ccc(C)cc1. The third-order valence-electron chi connectivity index (χ3n) is 2.10. The lowest BCUT2D eigenvalue weighted by Crippen LogP contribution is -2.26. The summed E-state index contributed by atoms with van der Waals surface area (Å²) in [5.41, 5.74) is 2.20. The smallest absolute Gasteiger partial charge is 0.250 e. The molecule has 0 N–H and O–H groups in total. The number of rotatable bonds is 3.